The van der Waals surface area contributed by atoms with E-state index in [2.05, 4.69) is 11.8 Å². The minimum absolute atomic E-state index is 0.557. The molecule has 0 amide bonds. The van der Waals surface area contributed by atoms with Crippen LogP contribution in [-0.2, 0) is 17.9 Å². The van der Waals surface area contributed by atoms with E-state index < -0.39 is 0 Å². The maximum absolute atomic E-state index is 5.76. The molecule has 0 aliphatic carbocycles. The van der Waals surface area contributed by atoms with Crippen molar-refractivity contribution in [1.82, 2.24) is 4.98 Å². The SMILES string of the molecule is CCC1CCCN1c1nc(COC)c(CN)s1. The largest absolute Gasteiger partial charge is 0.378 e. The lowest BCUT2D eigenvalue weighted by atomic mass is 10.2. The monoisotopic (exact) mass is 255 g/mol. The summed E-state index contributed by atoms with van der Waals surface area (Å²) in [7, 11) is 1.70. The summed E-state index contributed by atoms with van der Waals surface area (Å²) in [6.45, 7) is 4.49. The second kappa shape index (κ2) is 5.80. The minimum Gasteiger partial charge on any atom is -0.378 e. The molecule has 1 saturated heterocycles. The Morgan fingerprint density at radius 1 is 1.59 bits per heavy atom. The summed E-state index contributed by atoms with van der Waals surface area (Å²) < 4.78 is 5.17. The second-order valence-electron chi connectivity index (χ2n) is 4.40. The van der Waals surface area contributed by atoms with Crippen LogP contribution in [0.2, 0.25) is 0 Å². The summed E-state index contributed by atoms with van der Waals surface area (Å²) in [4.78, 5) is 8.28. The quantitative estimate of drug-likeness (QED) is 0.875. The van der Waals surface area contributed by atoms with E-state index in [1.54, 1.807) is 18.4 Å². The zero-order valence-electron chi connectivity index (χ0n) is 10.6. The molecule has 0 spiro atoms. The van der Waals surface area contributed by atoms with Crippen LogP contribution in [0, 0.1) is 0 Å². The van der Waals surface area contributed by atoms with Gasteiger partial charge in [-0.15, -0.1) is 11.3 Å². The molecule has 1 aromatic rings. The highest BCUT2D eigenvalue weighted by atomic mass is 32.1. The van der Waals surface area contributed by atoms with Crippen molar-refractivity contribution >= 4 is 16.5 Å². The number of aromatic nitrogens is 1. The van der Waals surface area contributed by atoms with E-state index in [4.69, 9.17) is 15.5 Å². The molecule has 2 heterocycles. The van der Waals surface area contributed by atoms with Gasteiger partial charge in [0.15, 0.2) is 5.13 Å². The highest BCUT2D eigenvalue weighted by Crippen LogP contribution is 2.32. The van der Waals surface area contributed by atoms with Crippen molar-refractivity contribution in [3.8, 4) is 0 Å². The van der Waals surface area contributed by atoms with Crippen LogP contribution in [0.4, 0.5) is 5.13 Å². The maximum Gasteiger partial charge on any atom is 0.186 e. The molecule has 2 rings (SSSR count). The van der Waals surface area contributed by atoms with Gasteiger partial charge in [0.25, 0.3) is 0 Å². The fourth-order valence-corrected chi connectivity index (χ4v) is 3.45. The summed E-state index contributed by atoms with van der Waals surface area (Å²) in [5.74, 6) is 0. The van der Waals surface area contributed by atoms with E-state index in [0.29, 0.717) is 19.2 Å². The predicted molar refractivity (Wildman–Crippen MR) is 71.4 cm³/mol. The number of nitrogens with two attached hydrogens (primary N) is 1. The Labute approximate surface area is 107 Å². The molecule has 0 radical (unpaired) electrons. The number of nitrogens with zero attached hydrogens (tertiary/aromatic N) is 2. The summed E-state index contributed by atoms with van der Waals surface area (Å²) in [5, 5.41) is 1.13. The third-order valence-electron chi connectivity index (χ3n) is 3.33. The first kappa shape index (κ1) is 12.8. The van der Waals surface area contributed by atoms with Crippen LogP contribution in [-0.4, -0.2) is 24.7 Å². The maximum atomic E-state index is 5.76. The zero-order chi connectivity index (χ0) is 12.3. The second-order valence-corrected chi connectivity index (χ2v) is 5.46. The predicted octanol–water partition coefficient (Wildman–Crippen LogP) is 2.13. The molecule has 0 bridgehead atoms. The molecule has 2 N–H and O–H groups in total. The molecule has 0 saturated carbocycles. The Kier molecular flexibility index (Phi) is 4.36. The van der Waals surface area contributed by atoms with Crippen LogP contribution in [0.1, 0.15) is 36.8 Å². The van der Waals surface area contributed by atoms with E-state index in [0.717, 1.165) is 22.2 Å². The third-order valence-corrected chi connectivity index (χ3v) is 4.48. The van der Waals surface area contributed by atoms with Crippen molar-refractivity contribution < 1.29 is 4.74 Å². The molecule has 1 atom stereocenters. The molecule has 0 aromatic carbocycles. The van der Waals surface area contributed by atoms with E-state index in [-0.39, 0.29) is 0 Å². The fourth-order valence-electron chi connectivity index (χ4n) is 2.41. The number of methoxy groups -OCH3 is 1. The van der Waals surface area contributed by atoms with Gasteiger partial charge in [0, 0.05) is 31.1 Å². The summed E-state index contributed by atoms with van der Waals surface area (Å²) in [5.41, 5.74) is 6.77. The van der Waals surface area contributed by atoms with Gasteiger partial charge in [-0.3, -0.25) is 0 Å². The number of hydrogen-bond acceptors (Lipinski definition) is 5. The van der Waals surface area contributed by atoms with Gasteiger partial charge in [-0.25, -0.2) is 4.98 Å². The molecule has 96 valence electrons. The average Bonchev–Trinajstić information content (AvgIpc) is 2.94. The Bertz CT molecular complexity index is 367. The van der Waals surface area contributed by atoms with Gasteiger partial charge < -0.3 is 15.4 Å². The van der Waals surface area contributed by atoms with Crippen LogP contribution < -0.4 is 10.6 Å². The number of ether oxygens (including phenoxy) is 1. The standard InChI is InChI=1S/C12H21N3OS/c1-3-9-5-4-6-15(9)12-14-10(8-16-2)11(7-13)17-12/h9H,3-8,13H2,1-2H3. The van der Waals surface area contributed by atoms with Crippen molar-refractivity contribution in [2.45, 2.75) is 45.4 Å². The van der Waals surface area contributed by atoms with Crippen LogP contribution in [0.5, 0.6) is 0 Å². The van der Waals surface area contributed by atoms with E-state index >= 15 is 0 Å². The van der Waals surface area contributed by atoms with Gasteiger partial charge in [0.05, 0.1) is 12.3 Å². The Morgan fingerprint density at radius 3 is 3.06 bits per heavy atom. The van der Waals surface area contributed by atoms with Crippen molar-refractivity contribution in [1.29, 1.82) is 0 Å². The molecule has 4 nitrogen and oxygen atoms in total. The van der Waals surface area contributed by atoms with Gasteiger partial charge in [-0.05, 0) is 19.3 Å². The van der Waals surface area contributed by atoms with Gasteiger partial charge in [-0.2, -0.15) is 0 Å². The molecule has 5 heteroatoms. The van der Waals surface area contributed by atoms with Crippen molar-refractivity contribution in [3.63, 3.8) is 0 Å². The molecular weight excluding hydrogens is 234 g/mol. The highest BCUT2D eigenvalue weighted by Gasteiger charge is 2.26. The zero-order valence-corrected chi connectivity index (χ0v) is 11.4. The lowest BCUT2D eigenvalue weighted by Crippen LogP contribution is -2.28. The van der Waals surface area contributed by atoms with Crippen molar-refractivity contribution in [2.75, 3.05) is 18.6 Å². The van der Waals surface area contributed by atoms with Crippen LogP contribution in [0.25, 0.3) is 0 Å². The number of hydrogen-bond donors (Lipinski definition) is 1. The minimum atomic E-state index is 0.557. The Hall–Kier alpha value is -0.650. The van der Waals surface area contributed by atoms with Gasteiger partial charge in [0.2, 0.25) is 0 Å². The lowest BCUT2D eigenvalue weighted by molar-refractivity contribution is 0.181. The van der Waals surface area contributed by atoms with Crippen LogP contribution in [0.15, 0.2) is 0 Å². The Balaban J connectivity index is 2.20. The van der Waals surface area contributed by atoms with Gasteiger partial charge in [0.1, 0.15) is 0 Å². The fraction of sp³-hybridized carbons (Fsp3) is 0.750. The molecule has 1 unspecified atom stereocenters. The summed E-state index contributed by atoms with van der Waals surface area (Å²) >= 11 is 1.73. The third kappa shape index (κ3) is 2.61. The molecule has 1 aliphatic heterocycles. The first-order valence-electron chi connectivity index (χ1n) is 6.24. The van der Waals surface area contributed by atoms with Crippen LogP contribution in [0.3, 0.4) is 0 Å². The van der Waals surface area contributed by atoms with Gasteiger partial charge >= 0.3 is 0 Å². The van der Waals surface area contributed by atoms with Crippen molar-refractivity contribution in [2.24, 2.45) is 5.73 Å². The number of thiazole rings is 1. The summed E-state index contributed by atoms with van der Waals surface area (Å²) in [6.07, 6.45) is 3.75. The number of rotatable bonds is 5. The normalized spacial score (nSPS) is 20.2. The molecule has 1 fully saturated rings. The topological polar surface area (TPSA) is 51.4 Å². The molecule has 17 heavy (non-hydrogen) atoms. The van der Waals surface area contributed by atoms with Gasteiger partial charge in [-0.1, -0.05) is 6.92 Å². The van der Waals surface area contributed by atoms with E-state index in [1.165, 1.54) is 19.3 Å². The smallest absolute Gasteiger partial charge is 0.186 e. The first-order valence-corrected chi connectivity index (χ1v) is 7.06. The van der Waals surface area contributed by atoms with E-state index in [9.17, 15) is 0 Å². The average molecular weight is 255 g/mol. The highest BCUT2D eigenvalue weighted by molar-refractivity contribution is 7.15. The Morgan fingerprint density at radius 2 is 2.41 bits per heavy atom. The first-order chi connectivity index (χ1) is 8.30. The van der Waals surface area contributed by atoms with E-state index in [1.807, 2.05) is 0 Å². The van der Waals surface area contributed by atoms with Crippen molar-refractivity contribution in [3.05, 3.63) is 10.6 Å². The molecule has 1 aliphatic rings. The molecule has 1 aromatic heterocycles. The lowest BCUT2D eigenvalue weighted by Gasteiger charge is -2.22. The van der Waals surface area contributed by atoms with Crippen LogP contribution >= 0.6 is 11.3 Å². The number of anilines is 1. The molecular formula is C12H21N3OS. The summed E-state index contributed by atoms with van der Waals surface area (Å²) in [6, 6.07) is 0.655.